The van der Waals surface area contributed by atoms with Crippen LogP contribution in [0, 0.1) is 28.5 Å². The van der Waals surface area contributed by atoms with E-state index in [0.29, 0.717) is 29.1 Å². The number of carbonyl (C=O) groups excluding carboxylic acids is 3. The molecule has 0 aromatic heterocycles. The van der Waals surface area contributed by atoms with Gasteiger partial charge in [0.15, 0.2) is 0 Å². The predicted molar refractivity (Wildman–Crippen MR) is 151 cm³/mol. The molecule has 5 atom stereocenters. The number of fused-ring (bicyclic) bond motifs is 3. The number of benzene rings is 2. The number of nitrogens with two attached hydrogens (primary N) is 1. The predicted octanol–water partition coefficient (Wildman–Crippen LogP) is 6.07. The maximum atomic E-state index is 15.9. The summed E-state index contributed by atoms with van der Waals surface area (Å²) in [6.45, 7) is -1.66. The number of ether oxygens (including phenoxy) is 1. The van der Waals surface area contributed by atoms with E-state index < -0.39 is 65.2 Å². The summed E-state index contributed by atoms with van der Waals surface area (Å²) in [4.78, 5) is 40.1. The minimum Gasteiger partial charge on any atom is -0.368 e. The van der Waals surface area contributed by atoms with Crippen LogP contribution in [0.4, 0.5) is 18.9 Å². The minimum absolute atomic E-state index is 0.0256. The summed E-state index contributed by atoms with van der Waals surface area (Å²) in [5.74, 6) is -3.99. The zero-order valence-electron chi connectivity index (χ0n) is 22.7. The normalized spacial score (nSPS) is 30.6. The van der Waals surface area contributed by atoms with Crippen LogP contribution in [0.15, 0.2) is 36.4 Å². The van der Waals surface area contributed by atoms with Gasteiger partial charge in [-0.3, -0.25) is 23.2 Å². The molecule has 0 unspecified atom stereocenters. The number of carbonyl (C=O) groups is 3. The first kappa shape index (κ1) is 29.5. The van der Waals surface area contributed by atoms with E-state index in [1.54, 1.807) is 24.3 Å². The molecule has 2 saturated carbocycles. The molecular weight excluding hydrogens is 592 g/mol. The molecule has 2 spiro atoms. The highest BCUT2D eigenvalue weighted by Gasteiger charge is 2.77. The van der Waals surface area contributed by atoms with Crippen LogP contribution in [-0.4, -0.2) is 43.7 Å². The van der Waals surface area contributed by atoms with Crippen molar-refractivity contribution in [1.82, 2.24) is 0 Å². The number of ketones is 1. The van der Waals surface area contributed by atoms with Crippen molar-refractivity contribution in [3.63, 3.8) is 0 Å². The van der Waals surface area contributed by atoms with Crippen LogP contribution < -0.4 is 11.1 Å². The van der Waals surface area contributed by atoms with Crippen LogP contribution in [-0.2, 0) is 24.5 Å². The quantitative estimate of drug-likeness (QED) is 0.391. The Morgan fingerprint density at radius 2 is 1.83 bits per heavy atom. The minimum atomic E-state index is -1.49. The molecule has 2 aromatic rings. The van der Waals surface area contributed by atoms with Crippen LogP contribution in [0.2, 0.25) is 10.0 Å². The molecule has 224 valence electrons. The van der Waals surface area contributed by atoms with E-state index in [4.69, 9.17) is 33.7 Å². The molecule has 2 heterocycles. The zero-order valence-corrected chi connectivity index (χ0v) is 24.2. The van der Waals surface area contributed by atoms with Gasteiger partial charge in [0.1, 0.15) is 17.7 Å². The number of anilines is 1. The fraction of sp³-hybridized carbons (Fsp3) is 0.516. The van der Waals surface area contributed by atoms with Gasteiger partial charge in [0.25, 0.3) is 0 Å². The Balaban J connectivity index is 1.49. The van der Waals surface area contributed by atoms with Crippen molar-refractivity contribution in [2.45, 2.75) is 56.0 Å². The lowest BCUT2D eigenvalue weighted by Gasteiger charge is -2.59. The Morgan fingerprint density at radius 3 is 2.48 bits per heavy atom. The number of Topliss-reactive ketones (excluding diaryl/α,β-unsaturated/α-hetero) is 1. The summed E-state index contributed by atoms with van der Waals surface area (Å²) >= 11 is 12.5. The molecule has 6 rings (SSSR count). The highest BCUT2D eigenvalue weighted by molar-refractivity contribution is 6.31. The van der Waals surface area contributed by atoms with Gasteiger partial charge in [0, 0.05) is 34.4 Å². The molecule has 2 amide bonds. The Bertz CT molecular complexity index is 1450. The van der Waals surface area contributed by atoms with Crippen LogP contribution in [0.25, 0.3) is 0 Å². The molecule has 3 fully saturated rings. The smallest absolute Gasteiger partial charge is 0.246 e. The number of hydrogen-bond donors (Lipinski definition) is 2. The maximum absolute atomic E-state index is 15.9. The van der Waals surface area contributed by atoms with E-state index in [0.717, 1.165) is 0 Å². The second kappa shape index (κ2) is 10.5. The van der Waals surface area contributed by atoms with Gasteiger partial charge in [-0.2, -0.15) is 0 Å². The Hall–Kier alpha value is -2.62. The molecule has 6 nitrogen and oxygen atoms in total. The Morgan fingerprint density at radius 1 is 1.10 bits per heavy atom. The molecule has 42 heavy (non-hydrogen) atoms. The van der Waals surface area contributed by atoms with Gasteiger partial charge in [-0.25, -0.2) is 4.39 Å². The standard InChI is InChI=1S/C31H31Cl2F3N2O4/c32-17-5-6-20-22(9-17)38-28(41)31(20)25(18-2-1-3-21(33)26(18)36)19(10-30(31)12-29(13-30,14-34)15-35)23(39)8-16-4-7-24(27(37)40)42-11-16/h1-3,5-6,9,16,19,24-25H,4,7-8,10-15H2,(H2,37,40)(H,38,41)/t16-,19-,24-,25-,31+/m0/s1. The van der Waals surface area contributed by atoms with Gasteiger partial charge in [0.05, 0.1) is 30.4 Å². The highest BCUT2D eigenvalue weighted by atomic mass is 35.5. The first-order chi connectivity index (χ1) is 20.0. The maximum Gasteiger partial charge on any atom is 0.246 e. The van der Waals surface area contributed by atoms with Gasteiger partial charge in [0.2, 0.25) is 11.8 Å². The summed E-state index contributed by atoms with van der Waals surface area (Å²) in [6, 6.07) is 9.43. The molecule has 4 aliphatic rings. The van der Waals surface area contributed by atoms with Crippen molar-refractivity contribution in [3.05, 3.63) is 63.4 Å². The number of amides is 2. The molecule has 3 N–H and O–H groups in total. The Kier molecular flexibility index (Phi) is 7.38. The third-order valence-electron chi connectivity index (χ3n) is 10.2. The summed E-state index contributed by atoms with van der Waals surface area (Å²) in [7, 11) is 0. The second-order valence-electron chi connectivity index (χ2n) is 12.6. The van der Waals surface area contributed by atoms with Gasteiger partial charge < -0.3 is 15.8 Å². The van der Waals surface area contributed by atoms with Gasteiger partial charge in [-0.1, -0.05) is 41.4 Å². The summed E-state index contributed by atoms with van der Waals surface area (Å²) < 4.78 is 50.1. The second-order valence-corrected chi connectivity index (χ2v) is 13.5. The lowest BCUT2D eigenvalue weighted by molar-refractivity contribution is -0.143. The SMILES string of the molecule is NC(=O)[C@@H]1CC[C@@H](CC(=O)[C@@H]2CC3(CC(CF)(CF)C3)[C@@]3(C(=O)Nc4cc(Cl)ccc43)[C@H]2c2cccc(Cl)c2F)CO1. The average Bonchev–Trinajstić information content (AvgIpc) is 3.41. The van der Waals surface area contributed by atoms with Crippen molar-refractivity contribution in [3.8, 4) is 0 Å². The van der Waals surface area contributed by atoms with Gasteiger partial charge in [-0.05, 0) is 72.8 Å². The topological polar surface area (TPSA) is 98.5 Å². The van der Waals surface area contributed by atoms with E-state index >= 15 is 4.39 Å². The third kappa shape index (κ3) is 4.21. The van der Waals surface area contributed by atoms with Crippen molar-refractivity contribution >= 4 is 46.5 Å². The molecule has 2 aromatic carbocycles. The summed E-state index contributed by atoms with van der Waals surface area (Å²) in [5.41, 5.74) is 2.66. The number of nitrogens with one attached hydrogen (secondary N) is 1. The summed E-state index contributed by atoms with van der Waals surface area (Å²) in [5, 5.41) is 3.13. The van der Waals surface area contributed by atoms with E-state index in [9.17, 15) is 23.2 Å². The van der Waals surface area contributed by atoms with Crippen LogP contribution in [0.1, 0.15) is 55.6 Å². The van der Waals surface area contributed by atoms with Crippen LogP contribution in [0.5, 0.6) is 0 Å². The Labute approximate surface area is 251 Å². The molecule has 2 aliphatic carbocycles. The average molecular weight is 623 g/mol. The first-order valence-electron chi connectivity index (χ1n) is 14.1. The van der Waals surface area contributed by atoms with Crippen LogP contribution >= 0.6 is 23.2 Å². The molecule has 0 bridgehead atoms. The lowest BCUT2D eigenvalue weighted by atomic mass is 9.43. The first-order valence-corrected chi connectivity index (χ1v) is 14.9. The van der Waals surface area contributed by atoms with E-state index in [1.807, 2.05) is 0 Å². The number of alkyl halides is 2. The third-order valence-corrected chi connectivity index (χ3v) is 10.8. The van der Waals surface area contributed by atoms with E-state index in [1.165, 1.54) is 12.1 Å². The highest BCUT2D eigenvalue weighted by Crippen LogP contribution is 2.77. The fourth-order valence-corrected chi connectivity index (χ4v) is 9.00. The molecular formula is C31H31Cl2F3N2O4. The van der Waals surface area contributed by atoms with Crippen molar-refractivity contribution < 1.29 is 32.3 Å². The molecule has 0 radical (unpaired) electrons. The fourth-order valence-electron chi connectivity index (χ4n) is 8.64. The summed E-state index contributed by atoms with van der Waals surface area (Å²) in [6.07, 6.45) is 0.482. The monoisotopic (exact) mass is 622 g/mol. The zero-order chi connectivity index (χ0) is 30.0. The molecule has 1 saturated heterocycles. The van der Waals surface area contributed by atoms with Crippen LogP contribution in [0.3, 0.4) is 0 Å². The van der Waals surface area contributed by atoms with E-state index in [2.05, 4.69) is 5.32 Å². The molecule has 11 heteroatoms. The van der Waals surface area contributed by atoms with Crippen molar-refractivity contribution in [1.29, 1.82) is 0 Å². The van der Waals surface area contributed by atoms with Gasteiger partial charge in [-0.15, -0.1) is 0 Å². The number of halogens is 5. The molecule has 2 aliphatic heterocycles. The van der Waals surface area contributed by atoms with E-state index in [-0.39, 0.29) is 54.6 Å². The largest absolute Gasteiger partial charge is 0.368 e. The van der Waals surface area contributed by atoms with Crippen molar-refractivity contribution in [2.75, 3.05) is 25.3 Å². The number of primary amides is 1. The van der Waals surface area contributed by atoms with Gasteiger partial charge >= 0.3 is 0 Å². The number of rotatable bonds is 7. The van der Waals surface area contributed by atoms with Crippen molar-refractivity contribution in [2.24, 2.45) is 28.4 Å². The number of hydrogen-bond acceptors (Lipinski definition) is 4. The lowest BCUT2D eigenvalue weighted by Crippen LogP contribution is -2.61.